The zero-order valence-electron chi connectivity index (χ0n) is 10.9. The van der Waals surface area contributed by atoms with Gasteiger partial charge in [-0.2, -0.15) is 0 Å². The van der Waals surface area contributed by atoms with Gasteiger partial charge in [-0.25, -0.2) is 0 Å². The van der Waals surface area contributed by atoms with Crippen LogP contribution in [0, 0.1) is 0 Å². The Balaban J connectivity index is 2.10. The summed E-state index contributed by atoms with van der Waals surface area (Å²) >= 11 is 1.88. The third kappa shape index (κ3) is 1.26. The molecule has 0 unspecified atom stereocenters. The van der Waals surface area contributed by atoms with Crippen molar-refractivity contribution in [2.45, 2.75) is 6.42 Å². The highest BCUT2D eigenvalue weighted by molar-refractivity contribution is 7.17. The summed E-state index contributed by atoms with van der Waals surface area (Å²) in [5.74, 6) is 0. The molecule has 0 amide bonds. The van der Waals surface area contributed by atoms with Crippen LogP contribution in [0.1, 0.15) is 11.1 Å². The Morgan fingerprint density at radius 1 is 0.850 bits per heavy atom. The van der Waals surface area contributed by atoms with Crippen LogP contribution in [0.3, 0.4) is 0 Å². The van der Waals surface area contributed by atoms with E-state index < -0.39 is 0 Å². The van der Waals surface area contributed by atoms with Crippen molar-refractivity contribution < 1.29 is 0 Å². The lowest BCUT2D eigenvalue weighted by Crippen LogP contribution is -1.98. The van der Waals surface area contributed by atoms with E-state index in [0.717, 1.165) is 6.42 Å². The van der Waals surface area contributed by atoms with Crippen molar-refractivity contribution >= 4 is 32.2 Å². The van der Waals surface area contributed by atoms with Gasteiger partial charge in [-0.15, -0.1) is 11.3 Å². The molecule has 0 spiro atoms. The summed E-state index contributed by atoms with van der Waals surface area (Å²) in [5, 5.41) is 6.54. The Morgan fingerprint density at radius 3 is 2.70 bits per heavy atom. The van der Waals surface area contributed by atoms with Crippen LogP contribution in [0.4, 0.5) is 0 Å². The standard InChI is InChI=1S/C19H12S/c1-3-7-15-12(5-1)9-14-11-20-17-10-13-6-2-4-8-16(13)19(15)18(14)17/h1-8,10-11H,9H2. The van der Waals surface area contributed by atoms with Crippen LogP contribution >= 0.6 is 11.3 Å². The first-order chi connectivity index (χ1) is 9.92. The molecule has 1 aliphatic rings. The Morgan fingerprint density at radius 2 is 1.70 bits per heavy atom. The topological polar surface area (TPSA) is 0 Å². The van der Waals surface area contributed by atoms with E-state index in [1.807, 2.05) is 11.3 Å². The molecule has 1 heteroatoms. The van der Waals surface area contributed by atoms with Crippen LogP contribution in [0.15, 0.2) is 60.0 Å². The lowest BCUT2D eigenvalue weighted by atomic mass is 9.84. The molecule has 0 N–H and O–H groups in total. The fourth-order valence-electron chi connectivity index (χ4n) is 3.46. The second-order valence-corrected chi connectivity index (χ2v) is 6.35. The number of thiophene rings is 1. The summed E-state index contributed by atoms with van der Waals surface area (Å²) < 4.78 is 1.42. The summed E-state index contributed by atoms with van der Waals surface area (Å²) in [6.07, 6.45) is 1.07. The van der Waals surface area contributed by atoms with Gasteiger partial charge in [0.2, 0.25) is 0 Å². The second-order valence-electron chi connectivity index (χ2n) is 5.44. The molecule has 20 heavy (non-hydrogen) atoms. The summed E-state index contributed by atoms with van der Waals surface area (Å²) in [7, 11) is 0. The van der Waals surface area contributed by atoms with Crippen LogP contribution < -0.4 is 0 Å². The van der Waals surface area contributed by atoms with E-state index in [0.29, 0.717) is 0 Å². The van der Waals surface area contributed by atoms with Crippen molar-refractivity contribution in [3.05, 3.63) is 71.1 Å². The number of hydrogen-bond acceptors (Lipinski definition) is 1. The summed E-state index contributed by atoms with van der Waals surface area (Å²) in [5.41, 5.74) is 5.80. The molecule has 0 saturated carbocycles. The molecule has 4 aromatic rings. The van der Waals surface area contributed by atoms with Crippen molar-refractivity contribution in [3.63, 3.8) is 0 Å². The molecule has 0 atom stereocenters. The highest BCUT2D eigenvalue weighted by Gasteiger charge is 2.21. The predicted molar refractivity (Wildman–Crippen MR) is 87.6 cm³/mol. The van der Waals surface area contributed by atoms with E-state index >= 15 is 0 Å². The maximum atomic E-state index is 2.34. The summed E-state index contributed by atoms with van der Waals surface area (Å²) in [4.78, 5) is 0. The molecule has 3 aromatic carbocycles. The van der Waals surface area contributed by atoms with Gasteiger partial charge in [-0.05, 0) is 50.9 Å². The van der Waals surface area contributed by atoms with Gasteiger partial charge >= 0.3 is 0 Å². The SMILES string of the molecule is c1ccc2c(c1)Cc1csc3cc4ccccc4c-2c13. The van der Waals surface area contributed by atoms with Gasteiger partial charge in [-0.3, -0.25) is 0 Å². The molecule has 0 radical (unpaired) electrons. The molecule has 1 heterocycles. The highest BCUT2D eigenvalue weighted by Crippen LogP contribution is 2.45. The molecule has 0 nitrogen and oxygen atoms in total. The van der Waals surface area contributed by atoms with Crippen molar-refractivity contribution in [2.75, 3.05) is 0 Å². The third-order valence-corrected chi connectivity index (χ3v) is 5.31. The molecule has 0 saturated heterocycles. The van der Waals surface area contributed by atoms with Crippen molar-refractivity contribution in [2.24, 2.45) is 0 Å². The van der Waals surface area contributed by atoms with Crippen molar-refractivity contribution in [1.29, 1.82) is 0 Å². The number of rotatable bonds is 0. The lowest BCUT2D eigenvalue weighted by Gasteiger charge is -2.19. The molecule has 0 fully saturated rings. The molecule has 5 rings (SSSR count). The van der Waals surface area contributed by atoms with Gasteiger partial charge in [0.05, 0.1) is 0 Å². The largest absolute Gasteiger partial charge is 0.143 e. The van der Waals surface area contributed by atoms with Gasteiger partial charge < -0.3 is 0 Å². The first kappa shape index (κ1) is 10.6. The second kappa shape index (κ2) is 3.71. The Labute approximate surface area is 121 Å². The van der Waals surface area contributed by atoms with Gasteiger partial charge in [0.25, 0.3) is 0 Å². The maximum Gasteiger partial charge on any atom is 0.0358 e. The number of benzene rings is 3. The van der Waals surface area contributed by atoms with E-state index in [1.54, 1.807) is 0 Å². The number of fused-ring (bicyclic) bond motifs is 4. The minimum Gasteiger partial charge on any atom is -0.143 e. The Kier molecular flexibility index (Phi) is 1.97. The first-order valence-electron chi connectivity index (χ1n) is 6.92. The fraction of sp³-hybridized carbons (Fsp3) is 0.0526. The van der Waals surface area contributed by atoms with Crippen molar-refractivity contribution in [1.82, 2.24) is 0 Å². The lowest BCUT2D eigenvalue weighted by molar-refractivity contribution is 1.21. The Hall–Kier alpha value is -2.12. The van der Waals surface area contributed by atoms with Crippen LogP contribution in [0.25, 0.3) is 32.0 Å². The maximum absolute atomic E-state index is 2.34. The van der Waals surface area contributed by atoms with Crippen LogP contribution in [-0.4, -0.2) is 0 Å². The van der Waals surface area contributed by atoms with Gasteiger partial charge in [0.15, 0.2) is 0 Å². The molecule has 0 bridgehead atoms. The average molecular weight is 272 g/mol. The normalized spacial score (nSPS) is 12.8. The van der Waals surface area contributed by atoms with E-state index in [-0.39, 0.29) is 0 Å². The molecule has 1 aliphatic carbocycles. The zero-order chi connectivity index (χ0) is 13.1. The van der Waals surface area contributed by atoms with Crippen LogP contribution in [0.2, 0.25) is 0 Å². The summed E-state index contributed by atoms with van der Waals surface area (Å²) in [6, 6.07) is 20.0. The molecule has 0 aliphatic heterocycles. The first-order valence-corrected chi connectivity index (χ1v) is 7.80. The average Bonchev–Trinajstić information content (AvgIpc) is 2.90. The zero-order valence-corrected chi connectivity index (χ0v) is 11.7. The van der Waals surface area contributed by atoms with Crippen LogP contribution in [-0.2, 0) is 6.42 Å². The highest BCUT2D eigenvalue weighted by atomic mass is 32.1. The third-order valence-electron chi connectivity index (χ3n) is 4.33. The van der Waals surface area contributed by atoms with Gasteiger partial charge in [0.1, 0.15) is 0 Å². The van der Waals surface area contributed by atoms with Gasteiger partial charge in [0, 0.05) is 10.1 Å². The fourth-order valence-corrected chi connectivity index (χ4v) is 4.48. The number of hydrogen-bond donors (Lipinski definition) is 0. The molecule has 1 aromatic heterocycles. The predicted octanol–water partition coefficient (Wildman–Crippen LogP) is 5.63. The monoisotopic (exact) mass is 272 g/mol. The minimum absolute atomic E-state index is 1.07. The Bertz CT molecular complexity index is 976. The van der Waals surface area contributed by atoms with Crippen LogP contribution in [0.5, 0.6) is 0 Å². The molecule has 94 valence electrons. The van der Waals surface area contributed by atoms with Crippen molar-refractivity contribution in [3.8, 4) is 11.1 Å². The van der Waals surface area contributed by atoms with Gasteiger partial charge in [-0.1, -0.05) is 48.5 Å². The van der Waals surface area contributed by atoms with E-state index in [1.165, 1.54) is 43.1 Å². The quantitative estimate of drug-likeness (QED) is 0.343. The van der Waals surface area contributed by atoms with E-state index in [9.17, 15) is 0 Å². The van der Waals surface area contributed by atoms with E-state index in [2.05, 4.69) is 60.0 Å². The van der Waals surface area contributed by atoms with E-state index in [4.69, 9.17) is 0 Å². The summed E-state index contributed by atoms with van der Waals surface area (Å²) in [6.45, 7) is 0. The smallest absolute Gasteiger partial charge is 0.0358 e. The molecular formula is C19H12S. The molecular weight excluding hydrogens is 260 g/mol. The minimum atomic E-state index is 1.07.